The number of aliphatic hydroxyl groups is 1. The number of esters is 4. The van der Waals surface area contributed by atoms with Crippen LogP contribution in [0.15, 0.2) is 97.2 Å². The standard InChI is InChI=1S/C77H134O17P2/c1-5-9-13-17-21-25-29-31-33-34-35-36-38-39-43-46-50-54-58-62-75(80)88-68-73(94-77(82)64-60-56-52-48-44-40-37-32-30-26-22-18-14-10-6-2)70-92-96(85,86)90-66-71(78)65-89-95(83,84)91-69-72(93-76(81)63-59-55-51-47-42-28-24-20-16-12-8-4)67-87-74(79)61-57-53-49-45-41-27-23-19-15-11-7-3/h9-10,13-14,19,21-23,25-26,31-33,35-37,71-73,78H,5-8,11-12,15-18,20,24,27-30,34,38-70H2,1-4H3,(H,83,84)(H,85,86)/b13-9-,14-10-,23-19-,25-21-,26-22-,33-31-,36-35-,37-32-. The van der Waals surface area contributed by atoms with E-state index in [1.165, 1.54) is 51.4 Å². The van der Waals surface area contributed by atoms with E-state index >= 15 is 0 Å². The number of hydrogen-bond acceptors (Lipinski definition) is 15. The molecular formula is C77H134O17P2. The van der Waals surface area contributed by atoms with Gasteiger partial charge in [0.05, 0.1) is 26.4 Å². The Kier molecular flexibility index (Phi) is 66.6. The highest BCUT2D eigenvalue weighted by atomic mass is 31.2. The summed E-state index contributed by atoms with van der Waals surface area (Å²) in [5.74, 6) is -2.21. The zero-order chi connectivity index (χ0) is 70.4. The molecule has 17 nitrogen and oxygen atoms in total. The van der Waals surface area contributed by atoms with Crippen molar-refractivity contribution in [2.45, 2.75) is 329 Å². The van der Waals surface area contributed by atoms with Gasteiger partial charge < -0.3 is 33.8 Å². The lowest BCUT2D eigenvalue weighted by atomic mass is 10.1. The van der Waals surface area contributed by atoms with E-state index in [1.807, 2.05) is 0 Å². The zero-order valence-corrected chi connectivity index (χ0v) is 62.1. The van der Waals surface area contributed by atoms with Crippen molar-refractivity contribution in [2.75, 3.05) is 39.6 Å². The molecule has 0 spiro atoms. The summed E-state index contributed by atoms with van der Waals surface area (Å²) < 4.78 is 68.3. The molecule has 0 aliphatic heterocycles. The molecule has 5 atom stereocenters. The Morgan fingerprint density at radius 1 is 0.302 bits per heavy atom. The summed E-state index contributed by atoms with van der Waals surface area (Å²) in [7, 11) is -9.95. The molecule has 0 fully saturated rings. The van der Waals surface area contributed by atoms with Gasteiger partial charge in [0.2, 0.25) is 0 Å². The second-order valence-electron chi connectivity index (χ2n) is 24.8. The molecule has 0 amide bonds. The maximum Gasteiger partial charge on any atom is 0.472 e. The largest absolute Gasteiger partial charge is 0.472 e. The van der Waals surface area contributed by atoms with Gasteiger partial charge in [-0.3, -0.25) is 37.3 Å². The van der Waals surface area contributed by atoms with Crippen LogP contribution in [0.5, 0.6) is 0 Å². The monoisotopic (exact) mass is 1390 g/mol. The van der Waals surface area contributed by atoms with Crippen LogP contribution in [0.2, 0.25) is 0 Å². The van der Waals surface area contributed by atoms with Gasteiger partial charge >= 0.3 is 39.5 Å². The first-order chi connectivity index (χ1) is 46.7. The molecule has 0 rings (SSSR count). The molecule has 0 aliphatic rings. The third kappa shape index (κ3) is 68.5. The SMILES string of the molecule is CC/C=C\C/C=C\C/C=C\C/C=C\CCCCCCCCC(=O)OCC(COP(=O)(O)OCC(O)COP(=O)(O)OCC(COC(=O)CCCCCCC/C=C\CCCC)OC(=O)CCCCCCCCCCCCC)OC(=O)CCCCCCC/C=C\C/C=C\C/C=C\CC. The van der Waals surface area contributed by atoms with Crippen LogP contribution < -0.4 is 0 Å². The average molecular weight is 1390 g/mol. The summed E-state index contributed by atoms with van der Waals surface area (Å²) >= 11 is 0. The number of rotatable bonds is 70. The number of phosphoric acid groups is 2. The molecule has 0 saturated heterocycles. The summed E-state index contributed by atoms with van der Waals surface area (Å²) in [4.78, 5) is 72.7. The number of unbranched alkanes of at least 4 members (excludes halogenated alkanes) is 28. The molecule has 0 saturated carbocycles. The van der Waals surface area contributed by atoms with Crippen molar-refractivity contribution in [2.24, 2.45) is 0 Å². The Labute approximate surface area is 582 Å². The van der Waals surface area contributed by atoms with E-state index in [9.17, 15) is 43.2 Å². The fraction of sp³-hybridized carbons (Fsp3) is 0.740. The minimum Gasteiger partial charge on any atom is -0.462 e. The van der Waals surface area contributed by atoms with Gasteiger partial charge in [-0.15, -0.1) is 0 Å². The van der Waals surface area contributed by atoms with Crippen LogP contribution in [0, 0.1) is 0 Å². The first-order valence-corrected chi connectivity index (χ1v) is 40.5. The molecule has 0 heterocycles. The number of allylic oxidation sites excluding steroid dienone is 16. The van der Waals surface area contributed by atoms with Gasteiger partial charge in [-0.05, 0) is 116 Å². The van der Waals surface area contributed by atoms with E-state index in [0.29, 0.717) is 25.7 Å². The predicted octanol–water partition coefficient (Wildman–Crippen LogP) is 21.2. The molecule has 0 aliphatic carbocycles. The number of ether oxygens (including phenoxy) is 4. The third-order valence-electron chi connectivity index (χ3n) is 15.5. The molecule has 0 aromatic rings. The minimum atomic E-state index is -4.98. The van der Waals surface area contributed by atoms with Crippen molar-refractivity contribution < 1.29 is 80.2 Å². The fourth-order valence-electron chi connectivity index (χ4n) is 9.85. The first kappa shape index (κ1) is 92.0. The normalized spacial score (nSPS) is 14.5. The fourth-order valence-corrected chi connectivity index (χ4v) is 11.4. The van der Waals surface area contributed by atoms with Crippen molar-refractivity contribution in [3.05, 3.63) is 97.2 Å². The summed E-state index contributed by atoms with van der Waals surface area (Å²) in [6.07, 6.45) is 71.2. The summed E-state index contributed by atoms with van der Waals surface area (Å²) in [5, 5.41) is 10.6. The van der Waals surface area contributed by atoms with Gasteiger partial charge in [0.1, 0.15) is 19.3 Å². The number of carbonyl (C=O) groups excluding carboxylic acids is 4. The molecule has 19 heteroatoms. The van der Waals surface area contributed by atoms with Crippen molar-refractivity contribution in [1.82, 2.24) is 0 Å². The van der Waals surface area contributed by atoms with E-state index < -0.39 is 97.5 Å². The van der Waals surface area contributed by atoms with Gasteiger partial charge in [0.25, 0.3) is 0 Å². The highest BCUT2D eigenvalue weighted by molar-refractivity contribution is 7.47. The molecule has 0 aromatic carbocycles. The molecule has 554 valence electrons. The summed E-state index contributed by atoms with van der Waals surface area (Å²) in [6, 6.07) is 0. The second kappa shape index (κ2) is 69.5. The topological polar surface area (TPSA) is 237 Å². The van der Waals surface area contributed by atoms with Gasteiger partial charge in [-0.1, -0.05) is 266 Å². The van der Waals surface area contributed by atoms with E-state index in [0.717, 1.165) is 180 Å². The molecule has 5 unspecified atom stereocenters. The Morgan fingerprint density at radius 2 is 0.552 bits per heavy atom. The van der Waals surface area contributed by atoms with Crippen LogP contribution in [-0.2, 0) is 65.4 Å². The van der Waals surface area contributed by atoms with Crippen LogP contribution in [0.25, 0.3) is 0 Å². The summed E-state index contributed by atoms with van der Waals surface area (Å²) in [6.45, 7) is 4.57. The van der Waals surface area contributed by atoms with E-state index in [2.05, 4.69) is 125 Å². The molecule has 0 bridgehead atoms. The Hall–Kier alpha value is -4.02. The number of hydrogen-bond donors (Lipinski definition) is 3. The van der Waals surface area contributed by atoms with Crippen LogP contribution in [0.3, 0.4) is 0 Å². The van der Waals surface area contributed by atoms with Crippen LogP contribution in [0.4, 0.5) is 0 Å². The maximum atomic E-state index is 13.1. The van der Waals surface area contributed by atoms with Gasteiger partial charge in [0, 0.05) is 25.7 Å². The quantitative estimate of drug-likeness (QED) is 0.0169. The number of carbonyl (C=O) groups is 4. The van der Waals surface area contributed by atoms with Gasteiger partial charge in [-0.25, -0.2) is 9.13 Å². The highest BCUT2D eigenvalue weighted by Crippen LogP contribution is 2.45. The Morgan fingerprint density at radius 3 is 0.875 bits per heavy atom. The van der Waals surface area contributed by atoms with Crippen LogP contribution in [-0.4, -0.2) is 96.7 Å². The first-order valence-electron chi connectivity index (χ1n) is 37.5. The Bertz CT molecular complexity index is 2200. The third-order valence-corrected chi connectivity index (χ3v) is 17.4. The molecule has 96 heavy (non-hydrogen) atoms. The second-order valence-corrected chi connectivity index (χ2v) is 27.7. The van der Waals surface area contributed by atoms with E-state index in [1.54, 1.807) is 0 Å². The molecule has 3 N–H and O–H groups in total. The van der Waals surface area contributed by atoms with E-state index in [4.69, 9.17) is 37.0 Å². The average Bonchev–Trinajstić information content (AvgIpc) is 1.41. The molecule has 0 radical (unpaired) electrons. The van der Waals surface area contributed by atoms with Crippen molar-refractivity contribution in [1.29, 1.82) is 0 Å². The van der Waals surface area contributed by atoms with Crippen molar-refractivity contribution in [3.8, 4) is 0 Å². The van der Waals surface area contributed by atoms with Crippen LogP contribution >= 0.6 is 15.6 Å². The highest BCUT2D eigenvalue weighted by Gasteiger charge is 2.30. The van der Waals surface area contributed by atoms with Gasteiger partial charge in [-0.2, -0.15) is 0 Å². The molecule has 0 aromatic heterocycles. The number of aliphatic hydroxyl groups excluding tert-OH is 1. The maximum absolute atomic E-state index is 13.1. The Balaban J connectivity index is 5.33. The lowest BCUT2D eigenvalue weighted by Gasteiger charge is -2.21. The zero-order valence-electron chi connectivity index (χ0n) is 60.3. The van der Waals surface area contributed by atoms with E-state index in [-0.39, 0.29) is 25.7 Å². The minimum absolute atomic E-state index is 0.0718. The lowest BCUT2D eigenvalue weighted by molar-refractivity contribution is -0.161. The smallest absolute Gasteiger partial charge is 0.462 e. The summed E-state index contributed by atoms with van der Waals surface area (Å²) in [5.41, 5.74) is 0. The molecular weight excluding hydrogens is 1260 g/mol. The van der Waals surface area contributed by atoms with Crippen molar-refractivity contribution >= 4 is 39.5 Å². The predicted molar refractivity (Wildman–Crippen MR) is 390 cm³/mol. The number of phosphoric ester groups is 2. The van der Waals surface area contributed by atoms with Crippen LogP contribution in [0.1, 0.15) is 310 Å². The van der Waals surface area contributed by atoms with Crippen molar-refractivity contribution in [3.63, 3.8) is 0 Å². The van der Waals surface area contributed by atoms with Gasteiger partial charge in [0.15, 0.2) is 12.2 Å². The lowest BCUT2D eigenvalue weighted by Crippen LogP contribution is -2.30.